The third-order valence-electron chi connectivity index (χ3n) is 6.70. The largest absolute Gasteiger partial charge is 0.463 e. The summed E-state index contributed by atoms with van der Waals surface area (Å²) in [5.41, 5.74) is 6.42. The van der Waals surface area contributed by atoms with Gasteiger partial charge in [0, 0.05) is 12.1 Å². The Labute approximate surface area is 198 Å². The Morgan fingerprint density at radius 2 is 1.76 bits per heavy atom. The Morgan fingerprint density at radius 1 is 1.09 bits per heavy atom. The number of piperidine rings is 1. The number of benzene rings is 1. The number of likely N-dealkylation sites (tertiary alicyclic amines) is 2. The van der Waals surface area contributed by atoms with Crippen LogP contribution in [-0.2, 0) is 19.1 Å². The van der Waals surface area contributed by atoms with E-state index in [1.54, 1.807) is 0 Å². The second-order valence-corrected chi connectivity index (χ2v) is 9.32. The second-order valence-electron chi connectivity index (χ2n) is 9.32. The minimum absolute atomic E-state index is 0.00228. The van der Waals surface area contributed by atoms with Gasteiger partial charge in [-0.15, -0.1) is 0 Å². The lowest BCUT2D eigenvalue weighted by Gasteiger charge is -2.34. The normalized spacial score (nSPS) is 22.0. The van der Waals surface area contributed by atoms with Crippen molar-refractivity contribution in [1.82, 2.24) is 14.7 Å². The van der Waals surface area contributed by atoms with Crippen LogP contribution in [0.5, 0.6) is 0 Å². The number of nitrogens with two attached hydrogens (primary N) is 1. The number of ether oxygens (including phenoxy) is 1. The molecule has 0 saturated carbocycles. The minimum Gasteiger partial charge on any atom is -0.463 e. The SMILES string of the molecule is CC(C)[C@@H](C(=O)OCCN1C(=O)CCC(N2C(=O)c3ccc(N)cc3C2=O)C1=O)N1CCCC1. The zero-order valence-corrected chi connectivity index (χ0v) is 19.5. The molecule has 10 heteroatoms. The molecule has 182 valence electrons. The van der Waals surface area contributed by atoms with Gasteiger partial charge in [-0.1, -0.05) is 13.8 Å². The first kappa shape index (κ1) is 23.9. The number of amides is 4. The molecule has 0 bridgehead atoms. The number of nitrogens with zero attached hydrogens (tertiary/aromatic N) is 3. The standard InChI is InChI=1S/C24H30N4O6/c1-14(2)20(26-9-3-4-10-26)24(33)34-12-11-27-19(29)8-7-18(23(27)32)28-21(30)16-6-5-15(25)13-17(16)22(28)31/h5-6,13-14,18,20H,3-4,7-12,25H2,1-2H3/t18?,20-/m0/s1. The fourth-order valence-electron chi connectivity index (χ4n) is 5.04. The molecule has 1 aromatic rings. The van der Waals surface area contributed by atoms with Crippen molar-refractivity contribution in [2.45, 2.75) is 51.6 Å². The van der Waals surface area contributed by atoms with Crippen molar-refractivity contribution in [1.29, 1.82) is 0 Å². The van der Waals surface area contributed by atoms with Gasteiger partial charge < -0.3 is 10.5 Å². The van der Waals surface area contributed by atoms with E-state index in [0.29, 0.717) is 5.69 Å². The molecular formula is C24H30N4O6. The van der Waals surface area contributed by atoms with E-state index in [0.717, 1.165) is 35.7 Å². The van der Waals surface area contributed by atoms with Crippen molar-refractivity contribution in [3.05, 3.63) is 29.3 Å². The summed E-state index contributed by atoms with van der Waals surface area (Å²) in [5.74, 6) is -2.55. The van der Waals surface area contributed by atoms with Crippen LogP contribution in [0.25, 0.3) is 0 Å². The van der Waals surface area contributed by atoms with Gasteiger partial charge in [0.15, 0.2) is 0 Å². The third kappa shape index (κ3) is 4.29. The average molecular weight is 471 g/mol. The molecule has 3 aliphatic heterocycles. The summed E-state index contributed by atoms with van der Waals surface area (Å²) in [6.45, 7) is 5.34. The van der Waals surface area contributed by atoms with Crippen molar-refractivity contribution in [3.63, 3.8) is 0 Å². The van der Waals surface area contributed by atoms with Crippen molar-refractivity contribution < 1.29 is 28.7 Å². The van der Waals surface area contributed by atoms with Gasteiger partial charge in [-0.25, -0.2) is 0 Å². The van der Waals surface area contributed by atoms with E-state index in [1.165, 1.54) is 18.2 Å². The van der Waals surface area contributed by atoms with E-state index in [9.17, 15) is 24.0 Å². The van der Waals surface area contributed by atoms with E-state index in [1.807, 2.05) is 13.8 Å². The Kier molecular flexibility index (Phi) is 6.70. The summed E-state index contributed by atoms with van der Waals surface area (Å²) in [6, 6.07) is 2.94. The minimum atomic E-state index is -1.09. The lowest BCUT2D eigenvalue weighted by Crippen LogP contribution is -2.56. The molecule has 4 rings (SSSR count). The third-order valence-corrected chi connectivity index (χ3v) is 6.70. The molecule has 0 radical (unpaired) electrons. The van der Waals surface area contributed by atoms with Gasteiger partial charge in [0.05, 0.1) is 17.7 Å². The van der Waals surface area contributed by atoms with Gasteiger partial charge in [-0.3, -0.25) is 38.7 Å². The number of hydrogen-bond donors (Lipinski definition) is 1. The maximum Gasteiger partial charge on any atom is 0.323 e. The Balaban J connectivity index is 1.41. The van der Waals surface area contributed by atoms with E-state index in [2.05, 4.69) is 4.90 Å². The van der Waals surface area contributed by atoms with E-state index in [4.69, 9.17) is 10.5 Å². The van der Waals surface area contributed by atoms with E-state index in [-0.39, 0.29) is 55.0 Å². The Bertz CT molecular complexity index is 1030. The number of nitrogen functional groups attached to an aromatic ring is 1. The van der Waals surface area contributed by atoms with Crippen LogP contribution in [0.2, 0.25) is 0 Å². The number of hydrogen-bond acceptors (Lipinski definition) is 8. The van der Waals surface area contributed by atoms with Crippen LogP contribution in [0, 0.1) is 5.92 Å². The number of anilines is 1. The van der Waals surface area contributed by atoms with Crippen molar-refractivity contribution in [2.75, 3.05) is 32.0 Å². The van der Waals surface area contributed by atoms with Gasteiger partial charge in [0.1, 0.15) is 18.7 Å². The summed E-state index contributed by atoms with van der Waals surface area (Å²) in [5, 5.41) is 0. The molecule has 2 atom stereocenters. The molecule has 1 aromatic carbocycles. The quantitative estimate of drug-likeness (QED) is 0.355. The predicted octanol–water partition coefficient (Wildman–Crippen LogP) is 1.05. The number of rotatable bonds is 7. The number of fused-ring (bicyclic) bond motifs is 1. The molecular weight excluding hydrogens is 440 g/mol. The number of esters is 1. The molecule has 34 heavy (non-hydrogen) atoms. The molecule has 3 heterocycles. The Morgan fingerprint density at radius 3 is 2.44 bits per heavy atom. The zero-order chi connectivity index (χ0) is 24.6. The summed E-state index contributed by atoms with van der Waals surface area (Å²) in [6.07, 6.45) is 2.14. The van der Waals surface area contributed by atoms with Crippen LogP contribution in [0.1, 0.15) is 60.2 Å². The molecule has 2 N–H and O–H groups in total. The molecule has 2 fully saturated rings. The average Bonchev–Trinajstić information content (AvgIpc) is 3.38. The van der Waals surface area contributed by atoms with Crippen molar-refractivity contribution >= 4 is 35.3 Å². The van der Waals surface area contributed by atoms with Gasteiger partial charge in [0.2, 0.25) is 5.91 Å². The highest BCUT2D eigenvalue weighted by atomic mass is 16.5. The van der Waals surface area contributed by atoms with Gasteiger partial charge >= 0.3 is 5.97 Å². The molecule has 0 spiro atoms. The van der Waals surface area contributed by atoms with Gasteiger partial charge in [0.25, 0.3) is 17.7 Å². The van der Waals surface area contributed by atoms with Gasteiger partial charge in [-0.2, -0.15) is 0 Å². The van der Waals surface area contributed by atoms with Crippen LogP contribution in [0.3, 0.4) is 0 Å². The first-order valence-electron chi connectivity index (χ1n) is 11.7. The highest BCUT2D eigenvalue weighted by molar-refractivity contribution is 6.23. The Hall–Kier alpha value is -3.27. The molecule has 1 unspecified atom stereocenters. The highest BCUT2D eigenvalue weighted by Crippen LogP contribution is 2.30. The lowest BCUT2D eigenvalue weighted by atomic mass is 10.0. The van der Waals surface area contributed by atoms with Crippen molar-refractivity contribution in [3.8, 4) is 0 Å². The number of carbonyl (C=O) groups is 5. The molecule has 2 saturated heterocycles. The fourth-order valence-corrected chi connectivity index (χ4v) is 5.04. The second kappa shape index (κ2) is 9.54. The smallest absolute Gasteiger partial charge is 0.323 e. The highest BCUT2D eigenvalue weighted by Gasteiger charge is 2.47. The van der Waals surface area contributed by atoms with Crippen molar-refractivity contribution in [2.24, 2.45) is 5.92 Å². The summed E-state index contributed by atoms with van der Waals surface area (Å²) < 4.78 is 5.46. The number of imide groups is 2. The van der Waals surface area contributed by atoms with Crippen LogP contribution >= 0.6 is 0 Å². The van der Waals surface area contributed by atoms with E-state index < -0.39 is 29.7 Å². The fraction of sp³-hybridized carbons (Fsp3) is 0.542. The molecule has 0 aliphatic carbocycles. The van der Waals surface area contributed by atoms with Gasteiger partial charge in [-0.05, 0) is 56.5 Å². The molecule has 4 amide bonds. The molecule has 0 aromatic heterocycles. The van der Waals surface area contributed by atoms with Crippen LogP contribution in [0.4, 0.5) is 5.69 Å². The van der Waals surface area contributed by atoms with Crippen LogP contribution in [0.15, 0.2) is 18.2 Å². The molecule has 3 aliphatic rings. The first-order chi connectivity index (χ1) is 16.2. The molecule has 10 nitrogen and oxygen atoms in total. The van der Waals surface area contributed by atoms with Crippen LogP contribution < -0.4 is 5.73 Å². The maximum absolute atomic E-state index is 13.1. The lowest BCUT2D eigenvalue weighted by molar-refractivity contribution is -0.158. The topological polar surface area (TPSA) is 130 Å². The predicted molar refractivity (Wildman–Crippen MR) is 121 cm³/mol. The summed E-state index contributed by atoms with van der Waals surface area (Å²) >= 11 is 0. The first-order valence-corrected chi connectivity index (χ1v) is 11.7. The maximum atomic E-state index is 13.1. The number of carbonyl (C=O) groups excluding carboxylic acids is 5. The summed E-state index contributed by atoms with van der Waals surface area (Å²) in [4.78, 5) is 68.1. The monoisotopic (exact) mass is 470 g/mol. The van der Waals surface area contributed by atoms with E-state index >= 15 is 0 Å². The summed E-state index contributed by atoms with van der Waals surface area (Å²) in [7, 11) is 0. The zero-order valence-electron chi connectivity index (χ0n) is 19.5. The van der Waals surface area contributed by atoms with Crippen LogP contribution in [-0.4, -0.2) is 82.6 Å².